The molecule has 0 N–H and O–H groups in total. The topological polar surface area (TPSA) is 60.7 Å². The maximum Gasteiger partial charge on any atom is 0.495 e. The van der Waals surface area contributed by atoms with E-state index in [0.29, 0.717) is 11.0 Å². The smallest absolute Gasteiger partial charge is 0.399 e. The van der Waals surface area contributed by atoms with E-state index in [9.17, 15) is 5.26 Å². The van der Waals surface area contributed by atoms with Crippen molar-refractivity contribution in [2.75, 3.05) is 0 Å². The fourth-order valence-corrected chi connectivity index (χ4v) is 3.91. The Labute approximate surface area is 179 Å². The maximum atomic E-state index is 10.0. The van der Waals surface area contributed by atoms with Crippen molar-refractivity contribution in [2.45, 2.75) is 77.8 Å². The average molecular weight is 405 g/mol. The van der Waals surface area contributed by atoms with Crippen molar-refractivity contribution in [1.82, 2.24) is 0 Å². The molecule has 2 fully saturated rings. The highest BCUT2D eigenvalue weighted by Gasteiger charge is 2.57. The highest BCUT2D eigenvalue weighted by molar-refractivity contribution is 6.77. The first-order valence-electron chi connectivity index (χ1n) is 10.5. The Morgan fingerprint density at radius 2 is 1.13 bits per heavy atom. The molecule has 0 atom stereocenters. The van der Waals surface area contributed by atoms with Crippen molar-refractivity contribution < 1.29 is 18.6 Å². The normalized spacial score (nSPS) is 23.7. The lowest BCUT2D eigenvalue weighted by Gasteiger charge is -2.32. The first-order chi connectivity index (χ1) is 13.8. The van der Waals surface area contributed by atoms with Crippen LogP contribution >= 0.6 is 0 Å². The van der Waals surface area contributed by atoms with E-state index in [0.717, 1.165) is 16.2 Å². The SMILES string of the molecule is CC1(C)OB(c2c(C#N)cc3ccccc3c2B2OC(C)(C)C(C)(C)O2)OC1(C)C. The molecule has 0 saturated carbocycles. The Morgan fingerprint density at radius 3 is 1.60 bits per heavy atom. The van der Waals surface area contributed by atoms with E-state index in [1.165, 1.54) is 0 Å². The van der Waals surface area contributed by atoms with Crippen molar-refractivity contribution in [1.29, 1.82) is 5.26 Å². The summed E-state index contributed by atoms with van der Waals surface area (Å²) < 4.78 is 25.6. The Kier molecular flexibility index (Phi) is 4.69. The minimum atomic E-state index is -0.691. The molecule has 2 aromatic carbocycles. The first-order valence-corrected chi connectivity index (χ1v) is 10.5. The van der Waals surface area contributed by atoms with Crippen LogP contribution in [0.4, 0.5) is 0 Å². The third-order valence-corrected chi connectivity index (χ3v) is 7.23. The highest BCUT2D eigenvalue weighted by atomic mass is 16.7. The molecular formula is C23H29B2NO4. The lowest BCUT2D eigenvalue weighted by atomic mass is 9.61. The number of rotatable bonds is 2. The third-order valence-electron chi connectivity index (χ3n) is 7.23. The van der Waals surface area contributed by atoms with Crippen molar-refractivity contribution >= 4 is 35.9 Å². The van der Waals surface area contributed by atoms with Crippen LogP contribution in [0.2, 0.25) is 0 Å². The van der Waals surface area contributed by atoms with Gasteiger partial charge in [0, 0.05) is 5.46 Å². The molecule has 2 aromatic rings. The summed E-state index contributed by atoms with van der Waals surface area (Å²) in [6, 6.07) is 12.2. The monoisotopic (exact) mass is 405 g/mol. The van der Waals surface area contributed by atoms with Crippen molar-refractivity contribution in [3.63, 3.8) is 0 Å². The van der Waals surface area contributed by atoms with E-state index < -0.39 is 36.6 Å². The largest absolute Gasteiger partial charge is 0.495 e. The molecule has 2 saturated heterocycles. The third kappa shape index (κ3) is 3.09. The summed E-state index contributed by atoms with van der Waals surface area (Å²) in [5.74, 6) is 0. The second-order valence-corrected chi connectivity index (χ2v) is 10.3. The molecule has 2 aliphatic heterocycles. The minimum Gasteiger partial charge on any atom is -0.399 e. The first kappa shape index (κ1) is 21.4. The van der Waals surface area contributed by atoms with Crippen LogP contribution in [0.25, 0.3) is 10.8 Å². The summed E-state index contributed by atoms with van der Waals surface area (Å²) in [5, 5.41) is 12.0. The Morgan fingerprint density at radius 1 is 0.700 bits per heavy atom. The quantitative estimate of drug-likeness (QED) is 0.718. The maximum absolute atomic E-state index is 10.0. The molecule has 4 rings (SSSR count). The van der Waals surface area contributed by atoms with Gasteiger partial charge in [-0.3, -0.25) is 0 Å². The van der Waals surface area contributed by atoms with E-state index >= 15 is 0 Å². The highest BCUT2D eigenvalue weighted by Crippen LogP contribution is 2.39. The molecule has 30 heavy (non-hydrogen) atoms. The van der Waals surface area contributed by atoms with Crippen molar-refractivity contribution in [3.8, 4) is 6.07 Å². The molecule has 2 aliphatic rings. The van der Waals surface area contributed by atoms with Gasteiger partial charge in [0.15, 0.2) is 0 Å². The van der Waals surface area contributed by atoms with Crippen LogP contribution in [0.1, 0.15) is 61.0 Å². The molecule has 156 valence electrons. The molecule has 7 heteroatoms. The number of benzene rings is 2. The van der Waals surface area contributed by atoms with Crippen LogP contribution in [0.5, 0.6) is 0 Å². The Balaban J connectivity index is 1.97. The number of nitrogens with zero attached hydrogens (tertiary/aromatic N) is 1. The van der Waals surface area contributed by atoms with Gasteiger partial charge in [0.1, 0.15) is 0 Å². The fourth-order valence-electron chi connectivity index (χ4n) is 3.91. The van der Waals surface area contributed by atoms with Crippen LogP contribution in [-0.4, -0.2) is 36.6 Å². The van der Waals surface area contributed by atoms with Gasteiger partial charge in [-0.1, -0.05) is 24.3 Å². The van der Waals surface area contributed by atoms with E-state index in [-0.39, 0.29) is 0 Å². The summed E-state index contributed by atoms with van der Waals surface area (Å²) in [6.07, 6.45) is 0. The lowest BCUT2D eigenvalue weighted by molar-refractivity contribution is 0.00578. The number of hydrogen-bond acceptors (Lipinski definition) is 5. The van der Waals surface area contributed by atoms with Crippen molar-refractivity contribution in [2.24, 2.45) is 0 Å². The molecule has 0 bridgehead atoms. The second kappa shape index (κ2) is 6.58. The lowest BCUT2D eigenvalue weighted by Crippen LogP contribution is -2.53. The summed E-state index contributed by atoms with van der Waals surface area (Å²) >= 11 is 0. The number of hydrogen-bond donors (Lipinski definition) is 0. The van der Waals surface area contributed by atoms with Gasteiger partial charge in [0.2, 0.25) is 0 Å². The molecule has 0 spiro atoms. The predicted molar refractivity (Wildman–Crippen MR) is 120 cm³/mol. The minimum absolute atomic E-state index is 0.505. The van der Waals surface area contributed by atoms with Crippen molar-refractivity contribution in [3.05, 3.63) is 35.9 Å². The molecule has 2 heterocycles. The molecule has 0 aromatic heterocycles. The van der Waals surface area contributed by atoms with Gasteiger partial charge < -0.3 is 18.6 Å². The molecule has 0 aliphatic carbocycles. The van der Waals surface area contributed by atoms with Crippen LogP contribution < -0.4 is 10.9 Å². The number of nitriles is 1. The van der Waals surface area contributed by atoms with Crippen LogP contribution in [-0.2, 0) is 18.6 Å². The van der Waals surface area contributed by atoms with Gasteiger partial charge >= 0.3 is 14.2 Å². The Hall–Kier alpha value is -1.84. The summed E-state index contributed by atoms with van der Waals surface area (Å²) in [4.78, 5) is 0. The summed E-state index contributed by atoms with van der Waals surface area (Å²) in [7, 11) is -1.33. The van der Waals surface area contributed by atoms with Gasteiger partial charge in [-0.15, -0.1) is 0 Å². The van der Waals surface area contributed by atoms with Gasteiger partial charge in [0.05, 0.1) is 34.0 Å². The van der Waals surface area contributed by atoms with E-state index in [4.69, 9.17) is 18.6 Å². The fraction of sp³-hybridized carbons (Fsp3) is 0.522. The van der Waals surface area contributed by atoms with Crippen LogP contribution in [0, 0.1) is 11.3 Å². The van der Waals surface area contributed by atoms with E-state index in [2.05, 4.69) is 6.07 Å². The van der Waals surface area contributed by atoms with E-state index in [1.54, 1.807) is 0 Å². The average Bonchev–Trinajstić information content (AvgIpc) is 2.99. The zero-order valence-corrected chi connectivity index (χ0v) is 19.1. The van der Waals surface area contributed by atoms with E-state index in [1.807, 2.05) is 85.7 Å². The second-order valence-electron chi connectivity index (χ2n) is 10.3. The molecular weight excluding hydrogens is 376 g/mol. The van der Waals surface area contributed by atoms with Gasteiger partial charge in [-0.2, -0.15) is 5.26 Å². The summed E-state index contributed by atoms with van der Waals surface area (Å²) in [5.41, 5.74) is -0.0533. The zero-order chi connectivity index (χ0) is 22.1. The molecule has 0 amide bonds. The zero-order valence-electron chi connectivity index (χ0n) is 19.1. The number of fused-ring (bicyclic) bond motifs is 1. The van der Waals surface area contributed by atoms with Crippen LogP contribution in [0.3, 0.4) is 0 Å². The van der Waals surface area contributed by atoms with Gasteiger partial charge in [-0.25, -0.2) is 0 Å². The molecule has 5 nitrogen and oxygen atoms in total. The molecule has 0 radical (unpaired) electrons. The molecule has 0 unspecified atom stereocenters. The standard InChI is InChI=1S/C23H29B2NO4/c1-20(2)21(3,4)28-24(27-20)18-16(14-26)13-15-11-9-10-12-17(15)19(18)25-29-22(5,6)23(7,8)30-25/h9-13H,1-8H3. The Bertz CT molecular complexity index is 1020. The van der Waals surface area contributed by atoms with Gasteiger partial charge in [-0.05, 0) is 77.7 Å². The summed E-state index contributed by atoms with van der Waals surface area (Å²) in [6.45, 7) is 16.1. The van der Waals surface area contributed by atoms with Crippen LogP contribution in [0.15, 0.2) is 30.3 Å². The van der Waals surface area contributed by atoms with Gasteiger partial charge in [0.25, 0.3) is 0 Å². The predicted octanol–water partition coefficient (Wildman–Crippen LogP) is 3.31.